The predicted molar refractivity (Wildman–Crippen MR) is 78.2 cm³/mol. The first-order valence-corrected chi connectivity index (χ1v) is 7.17. The average molecular weight is 304 g/mol. The predicted octanol–water partition coefficient (Wildman–Crippen LogP) is 3.07. The number of nitrogens with zero attached hydrogens (tertiary/aromatic N) is 3. The third kappa shape index (κ3) is 2.57. The summed E-state index contributed by atoms with van der Waals surface area (Å²) in [5.41, 5.74) is 7.53. The van der Waals surface area contributed by atoms with Gasteiger partial charge in [-0.05, 0) is 25.5 Å². The minimum atomic E-state index is -0.293. The van der Waals surface area contributed by atoms with Crippen LogP contribution in [-0.2, 0) is 6.54 Å². The van der Waals surface area contributed by atoms with Crippen LogP contribution in [0.4, 0.5) is 4.39 Å². The first-order valence-electron chi connectivity index (χ1n) is 6.35. The van der Waals surface area contributed by atoms with Gasteiger partial charge in [0.2, 0.25) is 5.82 Å². The Kier molecular flexibility index (Phi) is 3.52. The second-order valence-electron chi connectivity index (χ2n) is 4.61. The average Bonchev–Trinajstić information content (AvgIpc) is 3.08. The van der Waals surface area contributed by atoms with Crippen LogP contribution in [-0.4, -0.2) is 15.1 Å². The van der Waals surface area contributed by atoms with Crippen molar-refractivity contribution in [3.8, 4) is 22.2 Å². The van der Waals surface area contributed by atoms with E-state index < -0.39 is 0 Å². The number of halogens is 1. The number of aromatic nitrogens is 3. The van der Waals surface area contributed by atoms with Gasteiger partial charge in [0.15, 0.2) is 0 Å². The third-order valence-electron chi connectivity index (χ3n) is 3.07. The molecule has 0 saturated carbocycles. The molecule has 1 aromatic carbocycles. The largest absolute Gasteiger partial charge is 0.333 e. The molecule has 108 valence electrons. The van der Waals surface area contributed by atoms with Gasteiger partial charge in [0.05, 0.1) is 5.69 Å². The molecule has 0 fully saturated rings. The van der Waals surface area contributed by atoms with E-state index in [1.165, 1.54) is 17.4 Å². The van der Waals surface area contributed by atoms with Crippen LogP contribution in [0.2, 0.25) is 0 Å². The fraction of sp³-hybridized carbons (Fsp3) is 0.214. The molecule has 2 heterocycles. The summed E-state index contributed by atoms with van der Waals surface area (Å²) in [5, 5.41) is 4.71. The van der Waals surface area contributed by atoms with Crippen LogP contribution in [0.5, 0.6) is 0 Å². The van der Waals surface area contributed by atoms with E-state index in [0.717, 1.165) is 15.6 Å². The zero-order chi connectivity index (χ0) is 15.0. The molecule has 0 amide bonds. The van der Waals surface area contributed by atoms with Crippen molar-refractivity contribution in [1.82, 2.24) is 15.1 Å². The molecule has 5 nitrogen and oxygen atoms in total. The fourth-order valence-electron chi connectivity index (χ4n) is 1.90. The lowest BCUT2D eigenvalue weighted by atomic mass is 10.1. The molecule has 0 aliphatic carbocycles. The number of benzene rings is 1. The molecule has 0 aliphatic heterocycles. The van der Waals surface area contributed by atoms with Crippen LogP contribution in [0, 0.1) is 19.7 Å². The highest BCUT2D eigenvalue weighted by molar-refractivity contribution is 7.15. The molecule has 2 N–H and O–H groups in total. The van der Waals surface area contributed by atoms with E-state index in [1.54, 1.807) is 19.1 Å². The van der Waals surface area contributed by atoms with Crippen molar-refractivity contribution in [2.75, 3.05) is 0 Å². The monoisotopic (exact) mass is 304 g/mol. The molecular formula is C14H13FN4OS. The summed E-state index contributed by atoms with van der Waals surface area (Å²) in [6, 6.07) is 4.85. The Morgan fingerprint density at radius 2 is 2.10 bits per heavy atom. The van der Waals surface area contributed by atoms with Gasteiger partial charge in [-0.15, -0.1) is 11.3 Å². The quantitative estimate of drug-likeness (QED) is 0.804. The smallest absolute Gasteiger partial charge is 0.270 e. The SMILES string of the molecule is Cc1ccc(-c2noc(-c3sc(CN)nc3C)n2)cc1F. The van der Waals surface area contributed by atoms with Crippen molar-refractivity contribution in [1.29, 1.82) is 0 Å². The van der Waals surface area contributed by atoms with Crippen molar-refractivity contribution in [2.45, 2.75) is 20.4 Å². The van der Waals surface area contributed by atoms with Crippen molar-refractivity contribution in [3.05, 3.63) is 40.3 Å². The fourth-order valence-corrected chi connectivity index (χ4v) is 2.77. The van der Waals surface area contributed by atoms with Gasteiger partial charge in [0.1, 0.15) is 15.7 Å². The van der Waals surface area contributed by atoms with E-state index in [1.807, 2.05) is 6.92 Å². The van der Waals surface area contributed by atoms with E-state index in [9.17, 15) is 4.39 Å². The van der Waals surface area contributed by atoms with E-state index in [2.05, 4.69) is 15.1 Å². The Bertz CT molecular complexity index is 796. The third-order valence-corrected chi connectivity index (χ3v) is 4.23. The van der Waals surface area contributed by atoms with Gasteiger partial charge in [0.25, 0.3) is 5.89 Å². The van der Waals surface area contributed by atoms with E-state index in [4.69, 9.17) is 10.3 Å². The second kappa shape index (κ2) is 5.34. The van der Waals surface area contributed by atoms with Gasteiger partial charge in [-0.2, -0.15) is 4.98 Å². The maximum absolute atomic E-state index is 13.6. The summed E-state index contributed by atoms with van der Waals surface area (Å²) >= 11 is 1.42. The lowest BCUT2D eigenvalue weighted by molar-refractivity contribution is 0.433. The van der Waals surface area contributed by atoms with Crippen LogP contribution in [0.1, 0.15) is 16.3 Å². The molecule has 0 unspecified atom stereocenters. The van der Waals surface area contributed by atoms with E-state index in [-0.39, 0.29) is 5.82 Å². The molecule has 3 aromatic rings. The number of hydrogen-bond donors (Lipinski definition) is 1. The maximum atomic E-state index is 13.6. The Morgan fingerprint density at radius 1 is 1.29 bits per heavy atom. The zero-order valence-electron chi connectivity index (χ0n) is 11.6. The van der Waals surface area contributed by atoms with Gasteiger partial charge >= 0.3 is 0 Å². The maximum Gasteiger partial charge on any atom is 0.270 e. The van der Waals surface area contributed by atoms with Crippen molar-refractivity contribution in [3.63, 3.8) is 0 Å². The Balaban J connectivity index is 1.99. The van der Waals surface area contributed by atoms with Crippen LogP contribution in [0.3, 0.4) is 0 Å². The number of aryl methyl sites for hydroxylation is 2. The normalized spacial score (nSPS) is 11.0. The first-order chi connectivity index (χ1) is 10.1. The highest BCUT2D eigenvalue weighted by Gasteiger charge is 2.17. The Hall–Kier alpha value is -2.12. The Labute approximate surface area is 124 Å². The molecule has 2 aromatic heterocycles. The summed E-state index contributed by atoms with van der Waals surface area (Å²) in [4.78, 5) is 9.43. The van der Waals surface area contributed by atoms with Crippen molar-refractivity contribution in [2.24, 2.45) is 5.73 Å². The molecule has 0 saturated heterocycles. The molecular weight excluding hydrogens is 291 g/mol. The van der Waals surface area contributed by atoms with Crippen molar-refractivity contribution >= 4 is 11.3 Å². The first kappa shape index (κ1) is 13.8. The van der Waals surface area contributed by atoms with Crippen LogP contribution in [0.15, 0.2) is 22.7 Å². The van der Waals surface area contributed by atoms with Crippen molar-refractivity contribution < 1.29 is 8.91 Å². The summed E-state index contributed by atoms with van der Waals surface area (Å²) in [6.45, 7) is 3.94. The lowest BCUT2D eigenvalue weighted by Crippen LogP contribution is -1.94. The number of nitrogens with two attached hydrogens (primary N) is 1. The summed E-state index contributed by atoms with van der Waals surface area (Å²) in [6.07, 6.45) is 0. The van der Waals surface area contributed by atoms with Gasteiger partial charge in [0, 0.05) is 12.1 Å². The highest BCUT2D eigenvalue weighted by Crippen LogP contribution is 2.30. The van der Waals surface area contributed by atoms with Crippen LogP contribution in [0.25, 0.3) is 22.2 Å². The lowest BCUT2D eigenvalue weighted by Gasteiger charge is -1.97. The molecule has 7 heteroatoms. The van der Waals surface area contributed by atoms with Crippen LogP contribution >= 0.6 is 11.3 Å². The minimum Gasteiger partial charge on any atom is -0.333 e. The number of thiazole rings is 1. The number of hydrogen-bond acceptors (Lipinski definition) is 6. The van der Waals surface area contributed by atoms with Gasteiger partial charge in [-0.3, -0.25) is 0 Å². The van der Waals surface area contributed by atoms with E-state index in [0.29, 0.717) is 29.4 Å². The van der Waals surface area contributed by atoms with E-state index >= 15 is 0 Å². The van der Waals surface area contributed by atoms with Gasteiger partial charge < -0.3 is 10.3 Å². The molecule has 0 aliphatic rings. The molecule has 3 rings (SSSR count). The standard InChI is InChI=1S/C14H13FN4OS/c1-7-3-4-9(5-10(7)15)13-18-14(20-19-13)12-8(2)17-11(6-16)21-12/h3-5H,6,16H2,1-2H3. The second-order valence-corrected chi connectivity index (χ2v) is 5.70. The molecule has 0 spiro atoms. The van der Waals surface area contributed by atoms with Gasteiger partial charge in [-0.25, -0.2) is 9.37 Å². The summed E-state index contributed by atoms with van der Waals surface area (Å²) < 4.78 is 18.9. The molecule has 0 radical (unpaired) electrons. The topological polar surface area (TPSA) is 77.8 Å². The zero-order valence-corrected chi connectivity index (χ0v) is 12.4. The highest BCUT2D eigenvalue weighted by atomic mass is 32.1. The number of rotatable bonds is 3. The van der Waals surface area contributed by atoms with Crippen LogP contribution < -0.4 is 5.73 Å². The Morgan fingerprint density at radius 3 is 2.76 bits per heavy atom. The molecule has 0 atom stereocenters. The summed E-state index contributed by atoms with van der Waals surface area (Å²) in [5.74, 6) is 0.435. The minimum absolute atomic E-state index is 0.293. The molecule has 0 bridgehead atoms. The summed E-state index contributed by atoms with van der Waals surface area (Å²) in [7, 11) is 0. The molecule has 21 heavy (non-hydrogen) atoms. The van der Waals surface area contributed by atoms with Gasteiger partial charge in [-0.1, -0.05) is 17.3 Å².